The largest absolute Gasteiger partial charge is 0.444 e. The molecule has 1 rings (SSSR count). The van der Waals surface area contributed by atoms with E-state index in [-0.39, 0.29) is 6.09 Å². The van der Waals surface area contributed by atoms with Crippen LogP contribution in [0.4, 0.5) is 4.79 Å². The van der Waals surface area contributed by atoms with E-state index >= 15 is 0 Å². The first kappa shape index (κ1) is 18.3. The molecule has 2 N–H and O–H groups in total. The molecule has 0 spiro atoms. The zero-order valence-electron chi connectivity index (χ0n) is 14.5. The Morgan fingerprint density at radius 1 is 1.19 bits per heavy atom. The maximum atomic E-state index is 11.8. The Labute approximate surface area is 130 Å². The number of hydrogen-bond donors (Lipinski definition) is 2. The van der Waals surface area contributed by atoms with Crippen LogP contribution < -0.4 is 10.6 Å². The van der Waals surface area contributed by atoms with Crippen LogP contribution in [-0.4, -0.2) is 30.3 Å². The topological polar surface area (TPSA) is 50.4 Å². The van der Waals surface area contributed by atoms with Crippen molar-refractivity contribution >= 4 is 6.09 Å². The van der Waals surface area contributed by atoms with Crippen LogP contribution in [0, 0.1) is 5.92 Å². The molecule has 4 nitrogen and oxygen atoms in total. The standard InChI is InChI=1S/C17H34N2O2/c1-6-14(7-2)19-15-11-9-8-10-13(15)12-18-16(20)21-17(3,4)5/h13-15,19H,6-12H2,1-5H3,(H,18,20). The molecule has 0 aromatic heterocycles. The van der Waals surface area contributed by atoms with Crippen molar-refractivity contribution in [3.63, 3.8) is 0 Å². The molecular weight excluding hydrogens is 264 g/mol. The van der Waals surface area contributed by atoms with Gasteiger partial charge in [-0.2, -0.15) is 0 Å². The molecule has 1 aliphatic rings. The number of alkyl carbamates (subject to hydrolysis) is 1. The number of carbonyl (C=O) groups excluding carboxylic acids is 1. The molecule has 1 amide bonds. The van der Waals surface area contributed by atoms with Crippen LogP contribution in [0.25, 0.3) is 0 Å². The first-order valence-electron chi connectivity index (χ1n) is 8.58. The minimum absolute atomic E-state index is 0.297. The average Bonchev–Trinajstić information content (AvgIpc) is 2.41. The van der Waals surface area contributed by atoms with E-state index in [1.807, 2.05) is 20.8 Å². The molecule has 0 saturated heterocycles. The summed E-state index contributed by atoms with van der Waals surface area (Å²) in [6.45, 7) is 10.9. The normalized spacial score (nSPS) is 23.1. The van der Waals surface area contributed by atoms with E-state index in [0.29, 0.717) is 24.5 Å². The fourth-order valence-electron chi connectivity index (χ4n) is 3.03. The van der Waals surface area contributed by atoms with E-state index < -0.39 is 5.60 Å². The molecular formula is C17H34N2O2. The van der Waals surface area contributed by atoms with Gasteiger partial charge in [0.1, 0.15) is 5.60 Å². The summed E-state index contributed by atoms with van der Waals surface area (Å²) in [5, 5.41) is 6.73. The van der Waals surface area contributed by atoms with Gasteiger partial charge in [-0.15, -0.1) is 0 Å². The van der Waals surface area contributed by atoms with Gasteiger partial charge in [0.15, 0.2) is 0 Å². The lowest BCUT2D eigenvalue weighted by molar-refractivity contribution is 0.0509. The smallest absolute Gasteiger partial charge is 0.407 e. The maximum Gasteiger partial charge on any atom is 0.407 e. The SMILES string of the molecule is CCC(CC)NC1CCCCC1CNC(=O)OC(C)(C)C. The molecule has 0 aromatic carbocycles. The summed E-state index contributed by atoms with van der Waals surface area (Å²) >= 11 is 0. The van der Waals surface area contributed by atoms with E-state index in [0.717, 1.165) is 0 Å². The van der Waals surface area contributed by atoms with Gasteiger partial charge in [-0.25, -0.2) is 4.79 Å². The van der Waals surface area contributed by atoms with Gasteiger partial charge in [-0.05, 0) is 52.4 Å². The molecule has 1 aliphatic carbocycles. The third-order valence-electron chi connectivity index (χ3n) is 4.25. The Kier molecular flexibility index (Phi) is 7.50. The Balaban J connectivity index is 2.44. The minimum atomic E-state index is -0.427. The number of ether oxygens (including phenoxy) is 1. The highest BCUT2D eigenvalue weighted by Crippen LogP contribution is 2.25. The zero-order chi connectivity index (χ0) is 15.9. The fourth-order valence-corrected chi connectivity index (χ4v) is 3.03. The molecule has 0 bridgehead atoms. The summed E-state index contributed by atoms with van der Waals surface area (Å²) in [6.07, 6.45) is 7.00. The van der Waals surface area contributed by atoms with Crippen LogP contribution >= 0.6 is 0 Å². The highest BCUT2D eigenvalue weighted by Gasteiger charge is 2.27. The van der Waals surface area contributed by atoms with E-state index in [9.17, 15) is 4.79 Å². The molecule has 1 saturated carbocycles. The Hall–Kier alpha value is -0.770. The summed E-state index contributed by atoms with van der Waals surface area (Å²) in [7, 11) is 0. The number of hydrogen-bond acceptors (Lipinski definition) is 3. The van der Waals surface area contributed by atoms with Crippen molar-refractivity contribution in [2.45, 2.75) is 90.8 Å². The van der Waals surface area contributed by atoms with Gasteiger partial charge in [0.25, 0.3) is 0 Å². The van der Waals surface area contributed by atoms with E-state index in [1.54, 1.807) is 0 Å². The van der Waals surface area contributed by atoms with E-state index in [1.165, 1.54) is 38.5 Å². The summed E-state index contributed by atoms with van der Waals surface area (Å²) in [6, 6.07) is 1.12. The van der Waals surface area contributed by atoms with Crippen molar-refractivity contribution in [1.82, 2.24) is 10.6 Å². The highest BCUT2D eigenvalue weighted by atomic mass is 16.6. The number of nitrogens with one attached hydrogen (secondary N) is 2. The third kappa shape index (κ3) is 7.16. The molecule has 0 aliphatic heterocycles. The van der Waals surface area contributed by atoms with Crippen LogP contribution in [0.5, 0.6) is 0 Å². The fraction of sp³-hybridized carbons (Fsp3) is 0.941. The summed E-state index contributed by atoms with van der Waals surface area (Å²) < 4.78 is 5.32. The average molecular weight is 298 g/mol. The zero-order valence-corrected chi connectivity index (χ0v) is 14.5. The van der Waals surface area contributed by atoms with Crippen LogP contribution in [0.3, 0.4) is 0 Å². The number of amides is 1. The summed E-state index contributed by atoms with van der Waals surface area (Å²) in [4.78, 5) is 11.8. The van der Waals surface area contributed by atoms with Crippen molar-refractivity contribution < 1.29 is 9.53 Å². The molecule has 21 heavy (non-hydrogen) atoms. The van der Waals surface area contributed by atoms with Crippen LogP contribution in [0.1, 0.15) is 73.1 Å². The second kappa shape index (κ2) is 8.62. The van der Waals surface area contributed by atoms with E-state index in [2.05, 4.69) is 24.5 Å². The first-order valence-corrected chi connectivity index (χ1v) is 8.58. The number of carbonyl (C=O) groups is 1. The molecule has 2 unspecified atom stereocenters. The second-order valence-electron chi connectivity index (χ2n) is 7.21. The molecule has 0 heterocycles. The van der Waals surface area contributed by atoms with Gasteiger partial charge in [0.2, 0.25) is 0 Å². The molecule has 2 atom stereocenters. The van der Waals surface area contributed by atoms with Gasteiger partial charge in [-0.3, -0.25) is 0 Å². The maximum absolute atomic E-state index is 11.8. The molecule has 0 aromatic rings. The van der Waals surface area contributed by atoms with Gasteiger partial charge in [0, 0.05) is 18.6 Å². The minimum Gasteiger partial charge on any atom is -0.444 e. The molecule has 0 radical (unpaired) electrons. The van der Waals surface area contributed by atoms with Crippen molar-refractivity contribution in [2.75, 3.05) is 6.54 Å². The Bertz CT molecular complexity index is 308. The highest BCUT2D eigenvalue weighted by molar-refractivity contribution is 5.67. The predicted molar refractivity (Wildman–Crippen MR) is 87.5 cm³/mol. The second-order valence-corrected chi connectivity index (χ2v) is 7.21. The molecule has 1 fully saturated rings. The Morgan fingerprint density at radius 2 is 1.81 bits per heavy atom. The van der Waals surface area contributed by atoms with Gasteiger partial charge in [-0.1, -0.05) is 26.7 Å². The molecule has 4 heteroatoms. The van der Waals surface area contributed by atoms with Crippen molar-refractivity contribution in [1.29, 1.82) is 0 Å². The number of rotatable bonds is 6. The third-order valence-corrected chi connectivity index (χ3v) is 4.25. The van der Waals surface area contributed by atoms with Gasteiger partial charge >= 0.3 is 6.09 Å². The molecule has 124 valence electrons. The Morgan fingerprint density at radius 3 is 2.38 bits per heavy atom. The van der Waals surface area contributed by atoms with Gasteiger partial charge in [0.05, 0.1) is 0 Å². The van der Waals surface area contributed by atoms with Crippen LogP contribution in [0.15, 0.2) is 0 Å². The lowest BCUT2D eigenvalue weighted by Crippen LogP contribution is -2.48. The van der Waals surface area contributed by atoms with E-state index in [4.69, 9.17) is 4.74 Å². The van der Waals surface area contributed by atoms with Crippen LogP contribution in [0.2, 0.25) is 0 Å². The summed E-state index contributed by atoms with van der Waals surface area (Å²) in [5.74, 6) is 0.520. The van der Waals surface area contributed by atoms with Crippen molar-refractivity contribution in [3.8, 4) is 0 Å². The lowest BCUT2D eigenvalue weighted by Gasteiger charge is -2.35. The monoisotopic (exact) mass is 298 g/mol. The quantitative estimate of drug-likeness (QED) is 0.783. The van der Waals surface area contributed by atoms with Gasteiger partial charge < -0.3 is 15.4 Å². The van der Waals surface area contributed by atoms with Crippen molar-refractivity contribution in [2.24, 2.45) is 5.92 Å². The first-order chi connectivity index (χ1) is 9.85. The summed E-state index contributed by atoms with van der Waals surface area (Å²) in [5.41, 5.74) is -0.427. The van der Waals surface area contributed by atoms with Crippen LogP contribution in [-0.2, 0) is 4.74 Å². The lowest BCUT2D eigenvalue weighted by atomic mass is 9.83. The predicted octanol–water partition coefficient (Wildman–Crippen LogP) is 3.85. The van der Waals surface area contributed by atoms with Crippen molar-refractivity contribution in [3.05, 3.63) is 0 Å².